The fraction of sp³-hybridized carbons (Fsp3) is 0.500. The first-order valence-electron chi connectivity index (χ1n) is 5.43. The van der Waals surface area contributed by atoms with Crippen LogP contribution in [0.5, 0.6) is 0 Å². The predicted molar refractivity (Wildman–Crippen MR) is 68.4 cm³/mol. The Morgan fingerprint density at radius 3 is 2.68 bits per heavy atom. The highest BCUT2D eigenvalue weighted by Gasteiger charge is 2.31. The Morgan fingerprint density at radius 2 is 2.11 bits per heavy atom. The molecule has 19 heavy (non-hydrogen) atoms. The molecule has 1 amide bonds. The summed E-state index contributed by atoms with van der Waals surface area (Å²) in [6.07, 6.45) is 0.657. The molecule has 0 saturated carbocycles. The maximum absolute atomic E-state index is 12.4. The van der Waals surface area contributed by atoms with Crippen LogP contribution in [0.4, 0.5) is 8.78 Å². The van der Waals surface area contributed by atoms with Crippen LogP contribution in [0.15, 0.2) is 16.3 Å². The van der Waals surface area contributed by atoms with E-state index in [2.05, 4.69) is 10.6 Å². The van der Waals surface area contributed by atoms with E-state index < -0.39 is 26.4 Å². The average molecular weight is 312 g/mol. The molecular weight excluding hydrogens is 298 g/mol. The zero-order valence-electron chi connectivity index (χ0n) is 10.2. The molecule has 0 saturated heterocycles. The lowest BCUT2D eigenvalue weighted by atomic mass is 10.4. The van der Waals surface area contributed by atoms with Crippen molar-refractivity contribution >= 4 is 27.1 Å². The summed E-state index contributed by atoms with van der Waals surface area (Å²) in [6.45, 7) is 1.03. The number of halogens is 2. The van der Waals surface area contributed by atoms with Crippen LogP contribution < -0.4 is 10.6 Å². The quantitative estimate of drug-likeness (QED) is 0.739. The van der Waals surface area contributed by atoms with E-state index in [0.29, 0.717) is 19.5 Å². The Labute approximate surface area is 113 Å². The second-order valence-electron chi connectivity index (χ2n) is 3.63. The van der Waals surface area contributed by atoms with Gasteiger partial charge in [0.25, 0.3) is 5.91 Å². The second-order valence-corrected chi connectivity index (χ2v) is 6.43. The van der Waals surface area contributed by atoms with Crippen LogP contribution in [0.25, 0.3) is 0 Å². The molecule has 0 spiro atoms. The normalized spacial score (nSPS) is 11.8. The zero-order valence-corrected chi connectivity index (χ0v) is 11.8. The minimum Gasteiger partial charge on any atom is -0.351 e. The third-order valence-electron chi connectivity index (χ3n) is 2.27. The van der Waals surface area contributed by atoms with Crippen molar-refractivity contribution in [3.8, 4) is 0 Å². The Balaban J connectivity index is 2.81. The van der Waals surface area contributed by atoms with Crippen molar-refractivity contribution in [2.45, 2.75) is 17.1 Å². The first kappa shape index (κ1) is 16.0. The van der Waals surface area contributed by atoms with Gasteiger partial charge in [-0.05, 0) is 31.5 Å². The number of rotatable bonds is 7. The number of carbonyl (C=O) groups is 1. The summed E-state index contributed by atoms with van der Waals surface area (Å²) in [7, 11) is -2.98. The van der Waals surface area contributed by atoms with Gasteiger partial charge in [0.2, 0.25) is 9.84 Å². The average Bonchev–Trinajstić information content (AvgIpc) is 2.84. The Kier molecular flexibility index (Phi) is 5.83. The highest BCUT2D eigenvalue weighted by atomic mass is 32.2. The largest absolute Gasteiger partial charge is 0.351 e. The Hall–Kier alpha value is -1.06. The van der Waals surface area contributed by atoms with Crippen LogP contribution in [-0.2, 0) is 9.84 Å². The molecule has 0 bridgehead atoms. The number of hydrogen-bond acceptors (Lipinski definition) is 5. The molecule has 2 N–H and O–H groups in total. The van der Waals surface area contributed by atoms with E-state index in [1.165, 1.54) is 5.38 Å². The smallest absolute Gasteiger partial charge is 0.341 e. The van der Waals surface area contributed by atoms with Crippen LogP contribution in [0.1, 0.15) is 16.1 Å². The van der Waals surface area contributed by atoms with E-state index in [4.69, 9.17) is 0 Å². The van der Waals surface area contributed by atoms with Gasteiger partial charge in [-0.15, -0.1) is 11.3 Å². The number of carbonyl (C=O) groups excluding carboxylic acids is 1. The van der Waals surface area contributed by atoms with E-state index in [9.17, 15) is 22.0 Å². The van der Waals surface area contributed by atoms with Crippen molar-refractivity contribution in [1.82, 2.24) is 10.6 Å². The van der Waals surface area contributed by atoms with Crippen molar-refractivity contribution in [1.29, 1.82) is 0 Å². The van der Waals surface area contributed by atoms with Gasteiger partial charge >= 0.3 is 5.76 Å². The summed E-state index contributed by atoms with van der Waals surface area (Å²) in [4.78, 5) is 10.9. The van der Waals surface area contributed by atoms with E-state index in [1.807, 2.05) is 0 Å². The summed E-state index contributed by atoms with van der Waals surface area (Å²) >= 11 is 0.826. The summed E-state index contributed by atoms with van der Waals surface area (Å²) in [6, 6.07) is 1.02. The minimum atomic E-state index is -4.74. The van der Waals surface area contributed by atoms with Gasteiger partial charge in [0, 0.05) is 6.54 Å². The van der Waals surface area contributed by atoms with E-state index in [-0.39, 0.29) is 4.88 Å². The van der Waals surface area contributed by atoms with Gasteiger partial charge < -0.3 is 10.6 Å². The Morgan fingerprint density at radius 1 is 1.42 bits per heavy atom. The predicted octanol–water partition coefficient (Wildman–Crippen LogP) is 1.08. The van der Waals surface area contributed by atoms with Gasteiger partial charge in [-0.25, -0.2) is 8.42 Å². The van der Waals surface area contributed by atoms with Crippen molar-refractivity contribution < 1.29 is 22.0 Å². The molecule has 1 aromatic rings. The lowest BCUT2D eigenvalue weighted by molar-refractivity contribution is 0.0954. The van der Waals surface area contributed by atoms with Gasteiger partial charge in [-0.3, -0.25) is 4.79 Å². The van der Waals surface area contributed by atoms with Crippen molar-refractivity contribution in [2.24, 2.45) is 0 Å². The molecule has 0 fully saturated rings. The summed E-state index contributed by atoms with van der Waals surface area (Å²) in [5, 5.41) is 6.68. The molecule has 108 valence electrons. The first-order valence-corrected chi connectivity index (χ1v) is 7.86. The van der Waals surface area contributed by atoms with Crippen LogP contribution in [0, 0.1) is 0 Å². The third kappa shape index (κ3) is 3.95. The highest BCUT2D eigenvalue weighted by Crippen LogP contribution is 2.26. The van der Waals surface area contributed by atoms with Gasteiger partial charge in [0.1, 0.15) is 4.88 Å². The fourth-order valence-electron chi connectivity index (χ4n) is 1.33. The molecular formula is C10H14F2N2O3S2. The van der Waals surface area contributed by atoms with Crippen LogP contribution >= 0.6 is 11.3 Å². The van der Waals surface area contributed by atoms with Crippen molar-refractivity contribution in [3.63, 3.8) is 0 Å². The molecule has 1 rings (SSSR count). The molecule has 0 aliphatic rings. The number of hydrogen-bond donors (Lipinski definition) is 2. The summed E-state index contributed by atoms with van der Waals surface area (Å²) < 4.78 is 47.6. The van der Waals surface area contributed by atoms with Gasteiger partial charge in [-0.2, -0.15) is 8.78 Å². The summed E-state index contributed by atoms with van der Waals surface area (Å²) in [5.41, 5.74) is 0. The molecule has 0 aliphatic carbocycles. The van der Waals surface area contributed by atoms with Gasteiger partial charge in [-0.1, -0.05) is 0 Å². The molecule has 0 atom stereocenters. The van der Waals surface area contributed by atoms with Gasteiger partial charge in [0.05, 0.1) is 4.90 Å². The molecule has 0 radical (unpaired) electrons. The molecule has 0 unspecified atom stereocenters. The van der Waals surface area contributed by atoms with Crippen LogP contribution in [0.3, 0.4) is 0 Å². The maximum atomic E-state index is 12.4. The standard InChI is InChI=1S/C10H14F2N2O3S2/c1-13-4-2-5-14-9(15)8-7(3-6-18-8)19(16,17)10(11)12/h3,6,10,13H,2,4-5H2,1H3,(H,14,15). The second kappa shape index (κ2) is 6.92. The van der Waals surface area contributed by atoms with Crippen molar-refractivity contribution in [3.05, 3.63) is 16.3 Å². The number of nitrogens with one attached hydrogen (secondary N) is 2. The molecule has 5 nitrogen and oxygen atoms in total. The third-order valence-corrected chi connectivity index (χ3v) is 4.73. The topological polar surface area (TPSA) is 75.3 Å². The number of alkyl halides is 2. The number of thiophene rings is 1. The molecule has 0 aromatic carbocycles. The molecule has 0 aliphatic heterocycles. The Bertz CT molecular complexity index is 529. The molecule has 1 aromatic heterocycles. The van der Waals surface area contributed by atoms with E-state index in [0.717, 1.165) is 17.4 Å². The lowest BCUT2D eigenvalue weighted by Crippen LogP contribution is -2.27. The molecule has 9 heteroatoms. The van der Waals surface area contributed by atoms with E-state index >= 15 is 0 Å². The van der Waals surface area contributed by atoms with Crippen LogP contribution in [-0.4, -0.2) is 40.2 Å². The van der Waals surface area contributed by atoms with Crippen molar-refractivity contribution in [2.75, 3.05) is 20.1 Å². The van der Waals surface area contributed by atoms with E-state index in [1.54, 1.807) is 7.05 Å². The monoisotopic (exact) mass is 312 g/mol. The fourth-order valence-corrected chi connectivity index (χ4v) is 3.41. The SMILES string of the molecule is CNCCCNC(=O)c1sccc1S(=O)(=O)C(F)F. The summed E-state index contributed by atoms with van der Waals surface area (Å²) in [5.74, 6) is -4.18. The number of amides is 1. The van der Waals surface area contributed by atoms with Gasteiger partial charge in [0.15, 0.2) is 0 Å². The number of sulfone groups is 1. The van der Waals surface area contributed by atoms with Crippen LogP contribution in [0.2, 0.25) is 0 Å². The highest BCUT2D eigenvalue weighted by molar-refractivity contribution is 7.92. The minimum absolute atomic E-state index is 0.204. The lowest BCUT2D eigenvalue weighted by Gasteiger charge is -2.06. The molecule has 1 heterocycles. The first-order chi connectivity index (χ1) is 8.91. The zero-order chi connectivity index (χ0) is 14.5. The maximum Gasteiger partial charge on any atom is 0.341 e.